The van der Waals surface area contributed by atoms with E-state index >= 15 is 0 Å². The molecular formula is C3H8N2. The molecule has 0 atom stereocenters. The molecule has 1 heterocycles. The molecule has 0 bridgehead atoms. The average molecular weight is 72.1 g/mol. The fraction of sp³-hybridized carbons (Fsp3) is 1.00. The van der Waals surface area contributed by atoms with Gasteiger partial charge in [-0.25, -0.2) is 0 Å². The molecule has 0 aliphatic carbocycles. The summed E-state index contributed by atoms with van der Waals surface area (Å²) in [5.41, 5.74) is 5.16. The zero-order valence-electron chi connectivity index (χ0n) is 3.15. The molecule has 0 aromatic rings. The van der Waals surface area contributed by atoms with Gasteiger partial charge in [-0.15, -0.1) is 0 Å². The van der Waals surface area contributed by atoms with Crippen LogP contribution in [0.1, 0.15) is 0 Å². The van der Waals surface area contributed by atoms with Gasteiger partial charge >= 0.3 is 0 Å². The van der Waals surface area contributed by atoms with E-state index < -0.39 is 0 Å². The Morgan fingerprint density at radius 1 is 1.60 bits per heavy atom. The lowest BCUT2D eigenvalue weighted by molar-refractivity contribution is 0.578. The third-order valence-electron chi connectivity index (χ3n) is 0.798. The molecule has 0 radical (unpaired) electrons. The van der Waals surface area contributed by atoms with E-state index in [2.05, 4.69) is 4.90 Å². The Balaban J connectivity index is 2.00. The van der Waals surface area contributed by atoms with Crippen LogP contribution in [0, 0.1) is 0 Å². The fourth-order valence-electron chi connectivity index (χ4n) is 0.253. The zero-order chi connectivity index (χ0) is 3.70. The van der Waals surface area contributed by atoms with Crippen LogP contribution in [0.15, 0.2) is 0 Å². The molecule has 30 valence electrons. The minimum absolute atomic E-state index is 0.750. The number of nitrogens with zero attached hydrogens (tertiary/aromatic N) is 1. The minimum atomic E-state index is 0.750. The Bertz CT molecular complexity index is 31.9. The fourth-order valence-corrected chi connectivity index (χ4v) is 0.253. The molecule has 0 unspecified atom stereocenters. The molecule has 1 rings (SSSR count). The van der Waals surface area contributed by atoms with Gasteiger partial charge in [0.15, 0.2) is 0 Å². The van der Waals surface area contributed by atoms with Crippen molar-refractivity contribution in [1.29, 1.82) is 0 Å². The predicted molar refractivity (Wildman–Crippen MR) is 20.6 cm³/mol. The summed E-state index contributed by atoms with van der Waals surface area (Å²) >= 11 is 0. The van der Waals surface area contributed by atoms with Crippen LogP contribution >= 0.6 is 0 Å². The van der Waals surface area contributed by atoms with Gasteiger partial charge in [-0.05, 0) is 0 Å². The van der Waals surface area contributed by atoms with Gasteiger partial charge in [0.25, 0.3) is 0 Å². The van der Waals surface area contributed by atoms with Gasteiger partial charge in [0.2, 0.25) is 0 Å². The molecule has 1 fully saturated rings. The van der Waals surface area contributed by atoms with Gasteiger partial charge < -0.3 is 5.73 Å². The third-order valence-corrected chi connectivity index (χ3v) is 0.798. The Morgan fingerprint density at radius 2 is 2.20 bits per heavy atom. The summed E-state index contributed by atoms with van der Waals surface area (Å²) in [6, 6.07) is 0. The largest absolute Gasteiger partial charge is 0.318 e. The second-order valence-electron chi connectivity index (χ2n) is 1.30. The lowest BCUT2D eigenvalue weighted by Crippen LogP contribution is -2.08. The maximum Gasteiger partial charge on any atom is 0.0456 e. The normalized spacial score (nSPS) is 23.4. The van der Waals surface area contributed by atoms with Crippen LogP contribution in [0.4, 0.5) is 0 Å². The Labute approximate surface area is 31.6 Å². The topological polar surface area (TPSA) is 29.0 Å². The van der Waals surface area contributed by atoms with Gasteiger partial charge in [0, 0.05) is 19.8 Å². The first-order valence-electron chi connectivity index (χ1n) is 1.86. The Morgan fingerprint density at radius 3 is 2.20 bits per heavy atom. The van der Waals surface area contributed by atoms with Gasteiger partial charge in [-0.1, -0.05) is 0 Å². The highest BCUT2D eigenvalue weighted by Crippen LogP contribution is 1.96. The molecule has 1 aliphatic heterocycles. The monoisotopic (exact) mass is 72.1 g/mol. The van der Waals surface area contributed by atoms with Gasteiger partial charge in [0.05, 0.1) is 0 Å². The zero-order valence-corrected chi connectivity index (χ0v) is 3.15. The highest BCUT2D eigenvalue weighted by atomic mass is 15.3. The van der Waals surface area contributed by atoms with E-state index in [0.29, 0.717) is 0 Å². The van der Waals surface area contributed by atoms with Crippen LogP contribution in [0.5, 0.6) is 0 Å². The van der Waals surface area contributed by atoms with Crippen molar-refractivity contribution in [2.24, 2.45) is 5.73 Å². The van der Waals surface area contributed by atoms with Crippen molar-refractivity contribution in [3.8, 4) is 0 Å². The van der Waals surface area contributed by atoms with E-state index in [1.54, 1.807) is 0 Å². The molecule has 2 heteroatoms. The van der Waals surface area contributed by atoms with Gasteiger partial charge in [0.1, 0.15) is 0 Å². The van der Waals surface area contributed by atoms with Crippen LogP contribution in [-0.4, -0.2) is 24.7 Å². The number of hydrogen-bond acceptors (Lipinski definition) is 2. The SMILES string of the molecule is NCN1CC1. The second-order valence-corrected chi connectivity index (χ2v) is 1.30. The summed E-state index contributed by atoms with van der Waals surface area (Å²) in [7, 11) is 0. The lowest BCUT2D eigenvalue weighted by Gasteiger charge is -1.82. The van der Waals surface area contributed by atoms with Crippen molar-refractivity contribution in [2.75, 3.05) is 19.8 Å². The second kappa shape index (κ2) is 0.954. The molecule has 0 aromatic heterocycles. The Hall–Kier alpha value is -0.0800. The van der Waals surface area contributed by atoms with E-state index in [-0.39, 0.29) is 0 Å². The minimum Gasteiger partial charge on any atom is -0.318 e. The molecule has 2 N–H and O–H groups in total. The van der Waals surface area contributed by atoms with Crippen LogP contribution in [0.2, 0.25) is 0 Å². The van der Waals surface area contributed by atoms with Crippen molar-refractivity contribution in [3.63, 3.8) is 0 Å². The summed E-state index contributed by atoms with van der Waals surface area (Å²) in [6.45, 7) is 3.19. The van der Waals surface area contributed by atoms with Crippen LogP contribution in [0.25, 0.3) is 0 Å². The van der Waals surface area contributed by atoms with Gasteiger partial charge in [-0.3, -0.25) is 4.90 Å². The third kappa shape index (κ3) is 0.597. The smallest absolute Gasteiger partial charge is 0.0456 e. The van der Waals surface area contributed by atoms with E-state index in [4.69, 9.17) is 5.73 Å². The highest BCUT2D eigenvalue weighted by Gasteiger charge is 2.12. The molecule has 0 spiro atoms. The van der Waals surface area contributed by atoms with Crippen molar-refractivity contribution in [2.45, 2.75) is 0 Å². The van der Waals surface area contributed by atoms with Crippen LogP contribution < -0.4 is 5.73 Å². The van der Waals surface area contributed by atoms with Gasteiger partial charge in [-0.2, -0.15) is 0 Å². The summed E-state index contributed by atoms with van der Waals surface area (Å²) in [6.07, 6.45) is 0. The first-order chi connectivity index (χ1) is 2.43. The standard InChI is InChI=1S/C3H8N2/c4-3-5-1-2-5/h1-4H2. The average Bonchev–Trinajstić information content (AvgIpc) is 2.12. The molecule has 0 saturated carbocycles. The number of rotatable bonds is 1. The molecule has 1 saturated heterocycles. The summed E-state index contributed by atoms with van der Waals surface area (Å²) < 4.78 is 0. The van der Waals surface area contributed by atoms with E-state index in [0.717, 1.165) is 6.67 Å². The molecule has 2 nitrogen and oxygen atoms in total. The van der Waals surface area contributed by atoms with Crippen LogP contribution in [0.3, 0.4) is 0 Å². The van der Waals surface area contributed by atoms with Crippen molar-refractivity contribution in [3.05, 3.63) is 0 Å². The summed E-state index contributed by atoms with van der Waals surface area (Å²) in [5.74, 6) is 0. The van der Waals surface area contributed by atoms with E-state index in [9.17, 15) is 0 Å². The highest BCUT2D eigenvalue weighted by molar-refractivity contribution is 4.68. The number of hydrogen-bond donors (Lipinski definition) is 1. The molecular weight excluding hydrogens is 64.0 g/mol. The molecule has 0 amide bonds. The molecule has 0 aromatic carbocycles. The summed E-state index contributed by atoms with van der Waals surface area (Å²) in [5, 5.41) is 0. The Kier molecular flexibility index (Phi) is 0.596. The maximum atomic E-state index is 5.16. The van der Waals surface area contributed by atoms with E-state index in [1.807, 2.05) is 0 Å². The molecule has 1 aliphatic rings. The van der Waals surface area contributed by atoms with Crippen molar-refractivity contribution >= 4 is 0 Å². The quantitative estimate of drug-likeness (QED) is 0.412. The first-order valence-corrected chi connectivity index (χ1v) is 1.86. The molecule has 5 heavy (non-hydrogen) atoms. The summed E-state index contributed by atoms with van der Waals surface area (Å²) in [4.78, 5) is 2.15. The number of nitrogens with two attached hydrogens (primary N) is 1. The van der Waals surface area contributed by atoms with E-state index in [1.165, 1.54) is 13.1 Å². The predicted octanol–water partition coefficient (Wildman–Crippen LogP) is -0.782. The maximum absolute atomic E-state index is 5.16. The van der Waals surface area contributed by atoms with Crippen molar-refractivity contribution < 1.29 is 0 Å². The lowest BCUT2D eigenvalue weighted by atomic mass is 11.0. The first kappa shape index (κ1) is 3.12. The van der Waals surface area contributed by atoms with Crippen LogP contribution in [-0.2, 0) is 0 Å². The van der Waals surface area contributed by atoms with Crippen molar-refractivity contribution in [1.82, 2.24) is 4.90 Å².